The minimum Gasteiger partial charge on any atom is -0.354 e. The summed E-state index contributed by atoms with van der Waals surface area (Å²) < 4.78 is 0. The summed E-state index contributed by atoms with van der Waals surface area (Å²) in [7, 11) is 0. The molecule has 0 radical (unpaired) electrons. The van der Waals surface area contributed by atoms with Crippen LogP contribution < -0.4 is 10.6 Å². The molecule has 25 heavy (non-hydrogen) atoms. The predicted molar refractivity (Wildman–Crippen MR) is 103 cm³/mol. The van der Waals surface area contributed by atoms with E-state index in [1.54, 1.807) is 6.33 Å². The van der Waals surface area contributed by atoms with Crippen LogP contribution in [0.5, 0.6) is 0 Å². The maximum Gasteiger partial charge on any atom is 0.223 e. The SMILES string of the molecule is Cc1cc2ncnc(N3CCCN(C(=O)CCN)CC3)c2cc1C.Cl. The number of aryl methyl sites for hydroxylation is 2. The second kappa shape index (κ2) is 8.45. The largest absolute Gasteiger partial charge is 0.354 e. The first kappa shape index (κ1) is 19.4. The van der Waals surface area contributed by atoms with E-state index in [0.717, 1.165) is 49.3 Å². The molecule has 1 aliphatic rings. The molecule has 0 spiro atoms. The maximum atomic E-state index is 12.1. The summed E-state index contributed by atoms with van der Waals surface area (Å²) in [6.45, 7) is 7.81. The molecule has 2 heterocycles. The Morgan fingerprint density at radius 3 is 2.64 bits per heavy atom. The molecule has 0 aliphatic carbocycles. The van der Waals surface area contributed by atoms with Crippen molar-refractivity contribution in [3.63, 3.8) is 0 Å². The molecule has 3 rings (SSSR count). The Morgan fingerprint density at radius 2 is 1.88 bits per heavy atom. The summed E-state index contributed by atoms with van der Waals surface area (Å²) in [5.74, 6) is 1.12. The number of hydrogen-bond acceptors (Lipinski definition) is 5. The number of anilines is 1. The summed E-state index contributed by atoms with van der Waals surface area (Å²) in [6.07, 6.45) is 3.00. The number of halogens is 1. The van der Waals surface area contributed by atoms with Crippen molar-refractivity contribution in [2.75, 3.05) is 37.6 Å². The minimum absolute atomic E-state index is 0. The van der Waals surface area contributed by atoms with Gasteiger partial charge in [-0.3, -0.25) is 4.79 Å². The minimum atomic E-state index is 0. The summed E-state index contributed by atoms with van der Waals surface area (Å²) in [4.78, 5) is 25.2. The highest BCUT2D eigenvalue weighted by atomic mass is 35.5. The number of hydrogen-bond donors (Lipinski definition) is 1. The molecule has 2 aromatic rings. The van der Waals surface area contributed by atoms with Crippen LogP contribution >= 0.6 is 12.4 Å². The van der Waals surface area contributed by atoms with Crippen LogP contribution in [0.4, 0.5) is 5.82 Å². The van der Waals surface area contributed by atoms with E-state index < -0.39 is 0 Å². The lowest BCUT2D eigenvalue weighted by Crippen LogP contribution is -2.36. The topological polar surface area (TPSA) is 75.4 Å². The monoisotopic (exact) mass is 363 g/mol. The molecule has 0 bridgehead atoms. The smallest absolute Gasteiger partial charge is 0.223 e. The Hall–Kier alpha value is -1.92. The van der Waals surface area contributed by atoms with Crippen molar-refractivity contribution >= 4 is 35.0 Å². The molecular weight excluding hydrogens is 338 g/mol. The first-order valence-electron chi connectivity index (χ1n) is 8.55. The van der Waals surface area contributed by atoms with E-state index in [-0.39, 0.29) is 18.3 Å². The molecule has 136 valence electrons. The van der Waals surface area contributed by atoms with Crippen LogP contribution in [0.1, 0.15) is 24.0 Å². The zero-order chi connectivity index (χ0) is 17.1. The Balaban J connectivity index is 0.00000225. The number of aromatic nitrogens is 2. The average molecular weight is 364 g/mol. The van der Waals surface area contributed by atoms with Gasteiger partial charge in [-0.1, -0.05) is 0 Å². The zero-order valence-electron chi connectivity index (χ0n) is 14.9. The fourth-order valence-corrected chi connectivity index (χ4v) is 3.21. The highest BCUT2D eigenvalue weighted by molar-refractivity contribution is 5.90. The summed E-state index contributed by atoms with van der Waals surface area (Å²) in [5, 5.41) is 1.09. The molecule has 1 aliphatic heterocycles. The van der Waals surface area contributed by atoms with Crippen LogP contribution in [0.15, 0.2) is 18.5 Å². The van der Waals surface area contributed by atoms with Gasteiger partial charge in [-0.05, 0) is 43.5 Å². The fraction of sp³-hybridized carbons (Fsp3) is 0.500. The normalized spacial score (nSPS) is 15.0. The van der Waals surface area contributed by atoms with E-state index in [1.165, 1.54) is 11.1 Å². The molecule has 2 N–H and O–H groups in total. The molecule has 0 atom stereocenters. The molecule has 1 fully saturated rings. The highest BCUT2D eigenvalue weighted by Crippen LogP contribution is 2.26. The Kier molecular flexibility index (Phi) is 6.56. The van der Waals surface area contributed by atoms with E-state index in [2.05, 4.69) is 40.8 Å². The van der Waals surface area contributed by atoms with E-state index in [0.29, 0.717) is 13.0 Å². The molecule has 7 heteroatoms. The summed E-state index contributed by atoms with van der Waals surface area (Å²) in [6, 6.07) is 4.28. The lowest BCUT2D eigenvalue weighted by molar-refractivity contribution is -0.130. The average Bonchev–Trinajstić information content (AvgIpc) is 2.82. The van der Waals surface area contributed by atoms with Crippen molar-refractivity contribution in [2.24, 2.45) is 5.73 Å². The van der Waals surface area contributed by atoms with Gasteiger partial charge >= 0.3 is 0 Å². The number of fused-ring (bicyclic) bond motifs is 1. The third kappa shape index (κ3) is 4.19. The highest BCUT2D eigenvalue weighted by Gasteiger charge is 2.20. The summed E-state index contributed by atoms with van der Waals surface area (Å²) in [5.41, 5.74) is 8.96. The van der Waals surface area contributed by atoms with Crippen LogP contribution in [0.3, 0.4) is 0 Å². The Labute approximate surface area is 154 Å². The van der Waals surface area contributed by atoms with Gasteiger partial charge in [0.15, 0.2) is 0 Å². The van der Waals surface area contributed by atoms with Crippen LogP contribution in [-0.4, -0.2) is 53.5 Å². The second-order valence-corrected chi connectivity index (χ2v) is 6.41. The third-order valence-corrected chi connectivity index (χ3v) is 4.74. The van der Waals surface area contributed by atoms with Crippen LogP contribution in [-0.2, 0) is 4.79 Å². The fourth-order valence-electron chi connectivity index (χ4n) is 3.21. The Bertz CT molecular complexity index is 752. The number of rotatable bonds is 3. The van der Waals surface area contributed by atoms with Gasteiger partial charge in [0, 0.05) is 44.5 Å². The van der Waals surface area contributed by atoms with Gasteiger partial charge in [-0.2, -0.15) is 0 Å². The van der Waals surface area contributed by atoms with Gasteiger partial charge in [0.1, 0.15) is 12.1 Å². The van der Waals surface area contributed by atoms with Crippen molar-refractivity contribution in [1.82, 2.24) is 14.9 Å². The van der Waals surface area contributed by atoms with Gasteiger partial charge in [0.2, 0.25) is 5.91 Å². The summed E-state index contributed by atoms with van der Waals surface area (Å²) >= 11 is 0. The molecule has 1 amide bonds. The lowest BCUT2D eigenvalue weighted by Gasteiger charge is -2.24. The number of benzene rings is 1. The molecule has 1 aromatic heterocycles. The van der Waals surface area contributed by atoms with Gasteiger partial charge in [0.05, 0.1) is 5.52 Å². The van der Waals surface area contributed by atoms with Gasteiger partial charge in [-0.25, -0.2) is 9.97 Å². The van der Waals surface area contributed by atoms with Gasteiger partial charge in [-0.15, -0.1) is 12.4 Å². The second-order valence-electron chi connectivity index (χ2n) is 6.41. The van der Waals surface area contributed by atoms with Crippen molar-refractivity contribution in [3.05, 3.63) is 29.6 Å². The van der Waals surface area contributed by atoms with Gasteiger partial charge < -0.3 is 15.5 Å². The number of carbonyl (C=O) groups is 1. The first-order valence-corrected chi connectivity index (χ1v) is 8.55. The Morgan fingerprint density at radius 1 is 1.12 bits per heavy atom. The zero-order valence-corrected chi connectivity index (χ0v) is 15.7. The third-order valence-electron chi connectivity index (χ3n) is 4.74. The standard InChI is InChI=1S/C18H25N5O.ClH/c1-13-10-15-16(11-14(13)2)20-12-21-18(15)23-7-3-6-22(8-9-23)17(24)4-5-19;/h10-12H,3-9,19H2,1-2H3;1H. The van der Waals surface area contributed by atoms with E-state index in [9.17, 15) is 4.79 Å². The van der Waals surface area contributed by atoms with Crippen molar-refractivity contribution < 1.29 is 4.79 Å². The number of carbonyl (C=O) groups excluding carboxylic acids is 1. The van der Waals surface area contributed by atoms with Crippen molar-refractivity contribution in [3.8, 4) is 0 Å². The quantitative estimate of drug-likeness (QED) is 0.903. The molecule has 0 unspecified atom stereocenters. The van der Waals surface area contributed by atoms with Gasteiger partial charge in [0.25, 0.3) is 0 Å². The van der Waals surface area contributed by atoms with Crippen LogP contribution in [0, 0.1) is 13.8 Å². The molecule has 0 saturated carbocycles. The number of nitrogens with zero attached hydrogens (tertiary/aromatic N) is 4. The van der Waals surface area contributed by atoms with Crippen LogP contribution in [0.25, 0.3) is 10.9 Å². The molecule has 1 saturated heterocycles. The molecule has 6 nitrogen and oxygen atoms in total. The van der Waals surface area contributed by atoms with Crippen molar-refractivity contribution in [2.45, 2.75) is 26.7 Å². The van der Waals surface area contributed by atoms with E-state index >= 15 is 0 Å². The number of amides is 1. The molecular formula is C18H26ClN5O. The van der Waals surface area contributed by atoms with Crippen molar-refractivity contribution in [1.29, 1.82) is 0 Å². The van der Waals surface area contributed by atoms with Crippen LogP contribution in [0.2, 0.25) is 0 Å². The lowest BCUT2D eigenvalue weighted by atomic mass is 10.1. The number of nitrogens with two attached hydrogens (primary N) is 1. The molecule has 1 aromatic carbocycles. The van der Waals surface area contributed by atoms with E-state index in [4.69, 9.17) is 5.73 Å². The first-order chi connectivity index (χ1) is 11.6. The van der Waals surface area contributed by atoms with E-state index in [1.807, 2.05) is 4.90 Å². The predicted octanol–water partition coefficient (Wildman–Crippen LogP) is 2.06. The maximum absolute atomic E-state index is 12.1.